The first-order valence-corrected chi connectivity index (χ1v) is 20.0. The molecule has 338 valence electrons. The van der Waals surface area contributed by atoms with Gasteiger partial charge in [0.2, 0.25) is 0 Å². The fraction of sp³-hybridized carbons (Fsp3) is 0.523. The summed E-state index contributed by atoms with van der Waals surface area (Å²) in [5.41, 5.74) is 1.54. The summed E-state index contributed by atoms with van der Waals surface area (Å²) in [6, 6.07) is 15.4. The average molecular weight is 870 g/mol. The molecule has 1 saturated heterocycles. The molecule has 0 saturated carbocycles. The number of esters is 6. The first-order valence-electron chi connectivity index (χ1n) is 20.0. The van der Waals surface area contributed by atoms with Gasteiger partial charge in [0.05, 0.1) is 6.10 Å². The highest BCUT2D eigenvalue weighted by Crippen LogP contribution is 2.32. The van der Waals surface area contributed by atoms with Gasteiger partial charge in [-0.25, -0.2) is 9.59 Å². The van der Waals surface area contributed by atoms with E-state index in [-0.39, 0.29) is 19.6 Å². The average Bonchev–Trinajstić information content (AvgIpc) is 3.18. The predicted molar refractivity (Wildman–Crippen MR) is 215 cm³/mol. The van der Waals surface area contributed by atoms with Crippen LogP contribution in [0.1, 0.15) is 72.1 Å². The van der Waals surface area contributed by atoms with Gasteiger partial charge >= 0.3 is 41.9 Å². The van der Waals surface area contributed by atoms with E-state index in [9.17, 15) is 33.6 Å². The van der Waals surface area contributed by atoms with Crippen molar-refractivity contribution in [2.45, 2.75) is 135 Å². The van der Waals surface area contributed by atoms with Crippen LogP contribution in [0.25, 0.3) is 0 Å². The van der Waals surface area contributed by atoms with Crippen molar-refractivity contribution < 1.29 is 80.9 Å². The van der Waals surface area contributed by atoms with Crippen LogP contribution in [0.4, 0.5) is 4.79 Å². The summed E-state index contributed by atoms with van der Waals surface area (Å²) >= 11 is 0. The molecule has 1 N–H and O–H groups in total. The molecule has 0 bridgehead atoms. The van der Waals surface area contributed by atoms with Gasteiger partial charge in [0.25, 0.3) is 0 Å². The molecule has 18 heteroatoms. The summed E-state index contributed by atoms with van der Waals surface area (Å²) in [4.78, 5) is 86.4. The number of hydrogen-bond donors (Lipinski definition) is 1. The molecule has 4 rings (SSSR count). The van der Waals surface area contributed by atoms with Crippen LogP contribution >= 0.6 is 0 Å². The molecular weight excluding hydrogens is 814 g/mol. The molecule has 0 unspecified atom stereocenters. The van der Waals surface area contributed by atoms with Crippen molar-refractivity contribution in [3.05, 3.63) is 83.4 Å². The van der Waals surface area contributed by atoms with E-state index in [1.54, 1.807) is 32.9 Å². The normalized spacial score (nSPS) is 23.7. The van der Waals surface area contributed by atoms with Crippen LogP contribution in [0.5, 0.6) is 0 Å². The van der Waals surface area contributed by atoms with Crippen molar-refractivity contribution in [1.29, 1.82) is 0 Å². The van der Waals surface area contributed by atoms with Gasteiger partial charge in [0.15, 0.2) is 24.6 Å². The van der Waals surface area contributed by atoms with E-state index in [1.165, 1.54) is 6.92 Å². The van der Waals surface area contributed by atoms with Gasteiger partial charge < -0.3 is 52.7 Å². The van der Waals surface area contributed by atoms with E-state index in [4.69, 9.17) is 47.4 Å². The molecule has 2 aliphatic rings. The maximum atomic E-state index is 13.2. The Morgan fingerprint density at radius 2 is 1.19 bits per heavy atom. The number of carbonyl (C=O) groups excluding carboxylic acids is 7. The Bertz CT molecular complexity index is 1890. The molecule has 2 aromatic rings. The minimum absolute atomic E-state index is 0.0206. The Morgan fingerprint density at radius 1 is 0.629 bits per heavy atom. The lowest BCUT2D eigenvalue weighted by molar-refractivity contribution is -0.320. The summed E-state index contributed by atoms with van der Waals surface area (Å²) < 4.78 is 56.6. The minimum atomic E-state index is -1.51. The number of nitrogens with one attached hydrogen (secondary N) is 1. The number of carbonyl (C=O) groups is 7. The second-order valence-electron chi connectivity index (χ2n) is 15.6. The summed E-state index contributed by atoms with van der Waals surface area (Å²) in [5.74, 6) is -4.30. The lowest BCUT2D eigenvalue weighted by atomic mass is 9.97. The first kappa shape index (κ1) is 48.8. The highest BCUT2D eigenvalue weighted by molar-refractivity contribution is 5.82. The van der Waals surface area contributed by atoms with Crippen molar-refractivity contribution in [2.75, 3.05) is 13.2 Å². The Kier molecular flexibility index (Phi) is 18.0. The zero-order chi connectivity index (χ0) is 45.6. The van der Waals surface area contributed by atoms with Gasteiger partial charge in [-0.1, -0.05) is 66.7 Å². The second kappa shape index (κ2) is 22.8. The number of hydrogen-bond acceptors (Lipinski definition) is 17. The number of ether oxygens (including phenoxy) is 10. The third-order valence-electron chi connectivity index (χ3n) is 9.02. The van der Waals surface area contributed by atoms with E-state index in [1.807, 2.05) is 54.6 Å². The zero-order valence-electron chi connectivity index (χ0n) is 36.0. The van der Waals surface area contributed by atoms with Crippen molar-refractivity contribution in [3.63, 3.8) is 0 Å². The van der Waals surface area contributed by atoms with E-state index in [0.29, 0.717) is 6.42 Å². The standard InChI is InChI=1S/C44H55NO17/c1-25(46)53-23-36-35(60-42-40(58-29(5)50)39(57-28(4)49)38(56-27(3)48)37(61-42)24-54-26(2)47)19-18-33(59-36)20-30-14-16-31(17-15-30)21-34(45-43(52)62-44(6,7)8)41(51)55-22-32-12-10-9-11-13-32/h9-19,33-40,42H,20-24H2,1-8H3,(H,45,52)/t33-,34+,35+,36-,37-,38-,39+,40-,42+/m1/s1. The molecule has 2 aromatic carbocycles. The van der Waals surface area contributed by atoms with Gasteiger partial charge in [0, 0.05) is 47.5 Å². The number of amides is 1. The lowest BCUT2D eigenvalue weighted by Crippen LogP contribution is -2.63. The number of benzene rings is 2. The lowest BCUT2D eigenvalue weighted by Gasteiger charge is -2.45. The van der Waals surface area contributed by atoms with Crippen LogP contribution in [0, 0.1) is 0 Å². The van der Waals surface area contributed by atoms with Crippen LogP contribution < -0.4 is 5.32 Å². The van der Waals surface area contributed by atoms with E-state index < -0.39 is 109 Å². The highest BCUT2D eigenvalue weighted by atomic mass is 16.7. The van der Waals surface area contributed by atoms with Crippen molar-refractivity contribution in [1.82, 2.24) is 5.32 Å². The van der Waals surface area contributed by atoms with E-state index in [2.05, 4.69) is 5.32 Å². The smallest absolute Gasteiger partial charge is 0.408 e. The molecule has 0 radical (unpaired) electrons. The van der Waals surface area contributed by atoms with Gasteiger partial charge in [-0.05, 0) is 37.5 Å². The fourth-order valence-corrected chi connectivity index (χ4v) is 6.49. The molecule has 9 atom stereocenters. The number of alkyl carbamates (subject to hydrolysis) is 1. The maximum absolute atomic E-state index is 13.2. The topological polar surface area (TPSA) is 224 Å². The largest absolute Gasteiger partial charge is 0.463 e. The molecule has 18 nitrogen and oxygen atoms in total. The molecule has 1 amide bonds. The third kappa shape index (κ3) is 16.2. The van der Waals surface area contributed by atoms with Crippen LogP contribution in [0.3, 0.4) is 0 Å². The molecule has 0 aromatic heterocycles. The van der Waals surface area contributed by atoms with Crippen LogP contribution in [-0.4, -0.2) is 116 Å². The monoisotopic (exact) mass is 869 g/mol. The zero-order valence-corrected chi connectivity index (χ0v) is 36.0. The SMILES string of the molecule is CC(=O)OC[C@H]1O[C@H](O[C@H]2C=C[C@H](Cc3ccc(C[C@H](NC(=O)OC(C)(C)C)C(=O)OCc4ccccc4)cc3)O[C@@H]2COC(C)=O)[C@H](OC(C)=O)[C@@H](OC(C)=O)[C@@H]1OC(C)=O. The predicted octanol–water partition coefficient (Wildman–Crippen LogP) is 3.76. The van der Waals surface area contributed by atoms with Crippen LogP contribution in [-0.2, 0) is 95.6 Å². The summed E-state index contributed by atoms with van der Waals surface area (Å²) in [6.07, 6.45) is -6.55. The van der Waals surface area contributed by atoms with Crippen LogP contribution in [0.2, 0.25) is 0 Å². The fourth-order valence-electron chi connectivity index (χ4n) is 6.49. The van der Waals surface area contributed by atoms with E-state index >= 15 is 0 Å². The van der Waals surface area contributed by atoms with Crippen molar-refractivity contribution in [2.24, 2.45) is 0 Å². The molecular formula is C44H55NO17. The Balaban J connectivity index is 1.53. The third-order valence-corrected chi connectivity index (χ3v) is 9.02. The molecule has 1 fully saturated rings. The molecule has 0 aliphatic carbocycles. The maximum Gasteiger partial charge on any atom is 0.408 e. The minimum Gasteiger partial charge on any atom is -0.463 e. The molecule has 2 aliphatic heterocycles. The Morgan fingerprint density at radius 3 is 1.77 bits per heavy atom. The molecule has 62 heavy (non-hydrogen) atoms. The Hall–Kier alpha value is -5.85. The summed E-state index contributed by atoms with van der Waals surface area (Å²) in [7, 11) is 0. The highest BCUT2D eigenvalue weighted by Gasteiger charge is 2.53. The van der Waals surface area contributed by atoms with Crippen molar-refractivity contribution in [3.8, 4) is 0 Å². The van der Waals surface area contributed by atoms with Gasteiger partial charge in [0.1, 0.15) is 49.8 Å². The molecule has 2 heterocycles. The van der Waals surface area contributed by atoms with Crippen LogP contribution in [0.15, 0.2) is 66.7 Å². The Labute approximate surface area is 359 Å². The van der Waals surface area contributed by atoms with Gasteiger partial charge in [-0.15, -0.1) is 0 Å². The summed E-state index contributed by atoms with van der Waals surface area (Å²) in [6.45, 7) is 10.2. The number of rotatable bonds is 17. The van der Waals surface area contributed by atoms with Gasteiger partial charge in [-0.2, -0.15) is 0 Å². The summed E-state index contributed by atoms with van der Waals surface area (Å²) in [5, 5.41) is 2.63. The van der Waals surface area contributed by atoms with E-state index in [0.717, 1.165) is 44.4 Å². The quantitative estimate of drug-likeness (QED) is 0.136. The second-order valence-corrected chi connectivity index (χ2v) is 15.6. The van der Waals surface area contributed by atoms with Gasteiger partial charge in [-0.3, -0.25) is 24.0 Å². The molecule has 0 spiro atoms. The van der Waals surface area contributed by atoms with Crippen molar-refractivity contribution >= 4 is 41.9 Å². The first-order chi connectivity index (χ1) is 29.3.